The normalized spacial score (nSPS) is 13.3. The van der Waals surface area contributed by atoms with Crippen molar-refractivity contribution in [3.8, 4) is 0 Å². The van der Waals surface area contributed by atoms with Crippen LogP contribution in [0, 0.1) is 5.92 Å². The number of nitrogens with zero attached hydrogens (tertiary/aromatic N) is 3. The third-order valence-electron chi connectivity index (χ3n) is 5.15. The molecule has 1 aliphatic carbocycles. The number of aryl methyl sites for hydroxylation is 1. The highest BCUT2D eigenvalue weighted by molar-refractivity contribution is 5.97. The second kappa shape index (κ2) is 7.58. The number of fused-ring (bicyclic) bond motifs is 1. The molecule has 3 aromatic rings. The van der Waals surface area contributed by atoms with Gasteiger partial charge in [0, 0.05) is 38.4 Å². The van der Waals surface area contributed by atoms with Crippen molar-refractivity contribution in [1.29, 1.82) is 0 Å². The number of pyridine rings is 1. The minimum atomic E-state index is -0.505. The Morgan fingerprint density at radius 3 is 2.63 bits per heavy atom. The number of nitrogens with one attached hydrogen (secondary N) is 2. The van der Waals surface area contributed by atoms with Crippen LogP contribution in [0.1, 0.15) is 28.8 Å². The summed E-state index contributed by atoms with van der Waals surface area (Å²) in [6.07, 6.45) is 3.19. The highest BCUT2D eigenvalue weighted by Crippen LogP contribution is 2.30. The molecule has 1 saturated carbocycles. The van der Waals surface area contributed by atoms with Gasteiger partial charge in [0.2, 0.25) is 5.91 Å². The number of aromatic nitrogens is 3. The van der Waals surface area contributed by atoms with Crippen molar-refractivity contribution >= 4 is 28.5 Å². The van der Waals surface area contributed by atoms with Crippen molar-refractivity contribution < 1.29 is 9.59 Å². The molecule has 0 atom stereocenters. The summed E-state index contributed by atoms with van der Waals surface area (Å²) in [5, 5.41) is 5.86. The number of hydrogen-bond acceptors (Lipinski definition) is 5. The van der Waals surface area contributed by atoms with Crippen molar-refractivity contribution in [2.75, 3.05) is 5.32 Å². The van der Waals surface area contributed by atoms with Crippen molar-refractivity contribution in [3.05, 3.63) is 68.5 Å². The van der Waals surface area contributed by atoms with E-state index in [1.54, 1.807) is 6.07 Å². The molecular formula is C21H21N5O4. The fourth-order valence-electron chi connectivity index (χ4n) is 3.22. The third kappa shape index (κ3) is 3.73. The molecule has 9 heteroatoms. The predicted octanol–water partition coefficient (Wildman–Crippen LogP) is 0.911. The van der Waals surface area contributed by atoms with E-state index in [4.69, 9.17) is 0 Å². The van der Waals surface area contributed by atoms with Crippen molar-refractivity contribution in [1.82, 2.24) is 19.4 Å². The van der Waals surface area contributed by atoms with Crippen molar-refractivity contribution in [3.63, 3.8) is 0 Å². The Labute approximate surface area is 171 Å². The van der Waals surface area contributed by atoms with Crippen molar-refractivity contribution in [2.45, 2.75) is 19.4 Å². The van der Waals surface area contributed by atoms with Crippen LogP contribution in [0.4, 0.5) is 5.69 Å². The topological polar surface area (TPSA) is 115 Å². The monoisotopic (exact) mass is 407 g/mol. The first-order valence-corrected chi connectivity index (χ1v) is 9.59. The molecule has 2 aromatic heterocycles. The Morgan fingerprint density at radius 2 is 1.90 bits per heavy atom. The van der Waals surface area contributed by atoms with E-state index in [1.807, 2.05) is 18.2 Å². The zero-order chi connectivity index (χ0) is 21.4. The molecule has 2 N–H and O–H groups in total. The largest absolute Gasteiger partial charge is 0.348 e. The standard InChI is InChI=1S/C21H21N5O4/c1-25-17-16(20(29)26(2)21(25)30)9-14(11-22-17)18(27)23-10-12-4-3-5-15(8-12)24-19(28)13-6-7-13/h3-5,8-9,11,13H,6-7,10H2,1-2H3,(H,23,27)(H,24,28). The average molecular weight is 407 g/mol. The molecule has 1 fully saturated rings. The van der Waals surface area contributed by atoms with E-state index in [2.05, 4.69) is 15.6 Å². The van der Waals surface area contributed by atoms with Crippen LogP contribution in [0.15, 0.2) is 46.1 Å². The summed E-state index contributed by atoms with van der Waals surface area (Å²) < 4.78 is 2.24. The van der Waals surface area contributed by atoms with Gasteiger partial charge in [-0.2, -0.15) is 0 Å². The average Bonchev–Trinajstić information content (AvgIpc) is 3.60. The molecule has 2 heterocycles. The minimum absolute atomic E-state index is 0.0226. The number of hydrogen-bond donors (Lipinski definition) is 2. The van der Waals surface area contributed by atoms with Crippen LogP contribution < -0.4 is 21.9 Å². The molecule has 0 spiro atoms. The van der Waals surface area contributed by atoms with Gasteiger partial charge in [0.1, 0.15) is 5.65 Å². The van der Waals surface area contributed by atoms with Crippen molar-refractivity contribution in [2.24, 2.45) is 20.0 Å². The summed E-state index contributed by atoms with van der Waals surface area (Å²) >= 11 is 0. The van der Waals surface area contributed by atoms with E-state index in [0.717, 1.165) is 23.0 Å². The first-order chi connectivity index (χ1) is 14.3. The first-order valence-electron chi connectivity index (χ1n) is 9.59. The molecule has 9 nitrogen and oxygen atoms in total. The second-order valence-electron chi connectivity index (χ2n) is 7.45. The fourth-order valence-corrected chi connectivity index (χ4v) is 3.22. The Kier molecular flexibility index (Phi) is 4.94. The maximum absolute atomic E-state index is 12.6. The Morgan fingerprint density at radius 1 is 1.13 bits per heavy atom. The van der Waals surface area contributed by atoms with Gasteiger partial charge in [0.15, 0.2) is 0 Å². The summed E-state index contributed by atoms with van der Waals surface area (Å²) in [5.41, 5.74) is 0.967. The van der Waals surface area contributed by atoms with Gasteiger partial charge in [-0.05, 0) is 36.6 Å². The molecule has 1 aliphatic rings. The lowest BCUT2D eigenvalue weighted by Crippen LogP contribution is -2.37. The highest BCUT2D eigenvalue weighted by atomic mass is 16.2. The molecule has 0 unspecified atom stereocenters. The van der Waals surface area contributed by atoms with E-state index in [1.165, 1.54) is 30.9 Å². The summed E-state index contributed by atoms with van der Waals surface area (Å²) in [5.74, 6) is -0.261. The van der Waals surface area contributed by atoms with Gasteiger partial charge < -0.3 is 10.6 Å². The van der Waals surface area contributed by atoms with Gasteiger partial charge in [-0.1, -0.05) is 12.1 Å². The van der Waals surface area contributed by atoms with E-state index in [-0.39, 0.29) is 35.0 Å². The molecule has 1 aromatic carbocycles. The van der Waals surface area contributed by atoms with E-state index in [0.29, 0.717) is 5.69 Å². The SMILES string of the molecule is Cn1c(=O)c2cc(C(=O)NCc3cccc(NC(=O)C4CC4)c3)cnc2n(C)c1=O. The number of benzene rings is 1. The Balaban J connectivity index is 1.50. The third-order valence-corrected chi connectivity index (χ3v) is 5.15. The van der Waals surface area contributed by atoms with Gasteiger partial charge in [0.25, 0.3) is 11.5 Å². The number of anilines is 1. The highest BCUT2D eigenvalue weighted by Gasteiger charge is 2.29. The molecular weight excluding hydrogens is 386 g/mol. The maximum Gasteiger partial charge on any atom is 0.332 e. The number of carbonyl (C=O) groups is 2. The van der Waals surface area contributed by atoms with Gasteiger partial charge >= 0.3 is 5.69 Å². The van der Waals surface area contributed by atoms with E-state index < -0.39 is 17.2 Å². The Bertz CT molecular complexity index is 1290. The lowest BCUT2D eigenvalue weighted by Gasteiger charge is -2.10. The fraction of sp³-hybridized carbons (Fsp3) is 0.286. The number of carbonyl (C=O) groups excluding carboxylic acids is 2. The zero-order valence-corrected chi connectivity index (χ0v) is 16.6. The smallest absolute Gasteiger partial charge is 0.332 e. The molecule has 154 valence electrons. The second-order valence-corrected chi connectivity index (χ2v) is 7.45. The predicted molar refractivity (Wildman–Crippen MR) is 111 cm³/mol. The van der Waals surface area contributed by atoms with Crippen LogP contribution in [0.3, 0.4) is 0 Å². The van der Waals surface area contributed by atoms with Gasteiger partial charge in [-0.3, -0.25) is 23.5 Å². The van der Waals surface area contributed by atoms with Gasteiger partial charge in [0.05, 0.1) is 10.9 Å². The molecule has 30 heavy (non-hydrogen) atoms. The van der Waals surface area contributed by atoms with E-state index in [9.17, 15) is 19.2 Å². The van der Waals surface area contributed by atoms with Gasteiger partial charge in [-0.25, -0.2) is 9.78 Å². The zero-order valence-electron chi connectivity index (χ0n) is 16.6. The van der Waals surface area contributed by atoms with Crippen LogP contribution in [-0.4, -0.2) is 25.9 Å². The molecule has 0 bridgehead atoms. The number of rotatable bonds is 5. The number of amides is 2. The maximum atomic E-state index is 12.6. The van der Waals surface area contributed by atoms with Crippen LogP contribution >= 0.6 is 0 Å². The summed E-state index contributed by atoms with van der Waals surface area (Å²) in [6, 6.07) is 8.71. The molecule has 0 aliphatic heterocycles. The lowest BCUT2D eigenvalue weighted by atomic mass is 10.1. The van der Waals surface area contributed by atoms with E-state index >= 15 is 0 Å². The summed E-state index contributed by atoms with van der Waals surface area (Å²) in [6.45, 7) is 0.245. The minimum Gasteiger partial charge on any atom is -0.348 e. The molecule has 0 radical (unpaired) electrons. The van der Waals surface area contributed by atoms with Gasteiger partial charge in [-0.15, -0.1) is 0 Å². The van der Waals surface area contributed by atoms with Crippen LogP contribution in [0.5, 0.6) is 0 Å². The van der Waals surface area contributed by atoms with Crippen LogP contribution in [0.2, 0.25) is 0 Å². The molecule has 4 rings (SSSR count). The molecule has 0 saturated heterocycles. The first kappa shape index (κ1) is 19.6. The Hall–Kier alpha value is -3.75. The molecule has 2 amide bonds. The van der Waals surface area contributed by atoms with Crippen LogP contribution in [-0.2, 0) is 25.4 Å². The summed E-state index contributed by atoms with van der Waals surface area (Å²) in [4.78, 5) is 53.0. The van der Waals surface area contributed by atoms with Crippen LogP contribution in [0.25, 0.3) is 11.0 Å². The summed E-state index contributed by atoms with van der Waals surface area (Å²) in [7, 11) is 2.90. The lowest BCUT2D eigenvalue weighted by molar-refractivity contribution is -0.117. The quantitative estimate of drug-likeness (QED) is 0.652.